The number of hydrogen-bond donors (Lipinski definition) is 1. The minimum atomic E-state index is -1.45. The third-order valence-corrected chi connectivity index (χ3v) is 2.34. The van der Waals surface area contributed by atoms with Crippen LogP contribution in [-0.4, -0.2) is 54.2 Å². The van der Waals surface area contributed by atoms with Gasteiger partial charge in [-0.3, -0.25) is 14.4 Å². The van der Waals surface area contributed by atoms with Crippen molar-refractivity contribution < 1.29 is 38.4 Å². The third-order valence-electron chi connectivity index (χ3n) is 2.34. The molecule has 0 amide bonds. The molecule has 19 heavy (non-hydrogen) atoms. The van der Waals surface area contributed by atoms with E-state index in [-0.39, 0.29) is 6.61 Å². The van der Waals surface area contributed by atoms with Crippen molar-refractivity contribution in [3.8, 4) is 0 Å². The van der Waals surface area contributed by atoms with Gasteiger partial charge in [-0.15, -0.1) is 0 Å². The Morgan fingerprint density at radius 3 is 2.00 bits per heavy atom. The van der Waals surface area contributed by atoms with Crippen LogP contribution in [0.25, 0.3) is 0 Å². The van der Waals surface area contributed by atoms with Gasteiger partial charge in [0, 0.05) is 20.8 Å². The fourth-order valence-electron chi connectivity index (χ4n) is 1.69. The van der Waals surface area contributed by atoms with Crippen molar-refractivity contribution in [1.29, 1.82) is 0 Å². The number of esters is 3. The van der Waals surface area contributed by atoms with Crippen LogP contribution in [0.15, 0.2) is 0 Å². The molecule has 4 atom stereocenters. The van der Waals surface area contributed by atoms with E-state index in [0.29, 0.717) is 0 Å². The zero-order valence-corrected chi connectivity index (χ0v) is 10.8. The van der Waals surface area contributed by atoms with Gasteiger partial charge in [0.05, 0.1) is 0 Å². The maximum Gasteiger partial charge on any atom is 0.303 e. The van der Waals surface area contributed by atoms with Crippen LogP contribution in [0.4, 0.5) is 0 Å². The van der Waals surface area contributed by atoms with Gasteiger partial charge in [-0.25, -0.2) is 0 Å². The van der Waals surface area contributed by atoms with Gasteiger partial charge < -0.3 is 24.1 Å². The fourth-order valence-corrected chi connectivity index (χ4v) is 1.69. The predicted molar refractivity (Wildman–Crippen MR) is 58.6 cm³/mol. The molecule has 1 saturated heterocycles. The Hall–Kier alpha value is -1.67. The van der Waals surface area contributed by atoms with Crippen LogP contribution < -0.4 is 0 Å². The summed E-state index contributed by atoms with van der Waals surface area (Å²) >= 11 is 0. The molecule has 1 fully saturated rings. The average molecular weight is 276 g/mol. The normalized spacial score (nSPS) is 29.7. The molecule has 1 aliphatic heterocycles. The van der Waals surface area contributed by atoms with Gasteiger partial charge in [-0.1, -0.05) is 0 Å². The Bertz CT molecular complexity index is 366. The first-order valence-corrected chi connectivity index (χ1v) is 5.62. The zero-order valence-electron chi connectivity index (χ0n) is 10.8. The van der Waals surface area contributed by atoms with Crippen LogP contribution in [0.2, 0.25) is 0 Å². The van der Waals surface area contributed by atoms with Gasteiger partial charge in [-0.05, 0) is 0 Å². The van der Waals surface area contributed by atoms with Crippen molar-refractivity contribution in [1.82, 2.24) is 0 Å². The Kier molecular flexibility index (Phi) is 5.25. The minimum absolute atomic E-state index is 0.220. The summed E-state index contributed by atoms with van der Waals surface area (Å²) in [7, 11) is 0. The van der Waals surface area contributed by atoms with Gasteiger partial charge in [0.1, 0.15) is 12.7 Å². The molecule has 8 heteroatoms. The minimum Gasteiger partial charge on any atom is -0.463 e. The monoisotopic (exact) mass is 276 g/mol. The summed E-state index contributed by atoms with van der Waals surface area (Å²) in [6, 6.07) is 0. The second-order valence-electron chi connectivity index (χ2n) is 4.02. The van der Waals surface area contributed by atoms with Crippen molar-refractivity contribution in [3.63, 3.8) is 0 Å². The maximum atomic E-state index is 11.0. The van der Waals surface area contributed by atoms with E-state index in [1.54, 1.807) is 0 Å². The largest absolute Gasteiger partial charge is 0.463 e. The van der Waals surface area contributed by atoms with Gasteiger partial charge in [0.25, 0.3) is 0 Å². The summed E-state index contributed by atoms with van der Waals surface area (Å²) in [6.45, 7) is 3.30. The van der Waals surface area contributed by atoms with Crippen LogP contribution >= 0.6 is 0 Å². The molecule has 0 aliphatic carbocycles. The fraction of sp³-hybridized carbons (Fsp3) is 0.727. The van der Waals surface area contributed by atoms with Gasteiger partial charge in [-0.2, -0.15) is 0 Å². The third kappa shape index (κ3) is 4.49. The van der Waals surface area contributed by atoms with Crippen LogP contribution in [0, 0.1) is 0 Å². The molecular formula is C11H16O8. The summed E-state index contributed by atoms with van der Waals surface area (Å²) in [5.74, 6) is -1.83. The van der Waals surface area contributed by atoms with Crippen LogP contribution in [-0.2, 0) is 33.3 Å². The lowest BCUT2D eigenvalue weighted by molar-refractivity contribution is -0.174. The smallest absolute Gasteiger partial charge is 0.303 e. The summed E-state index contributed by atoms with van der Waals surface area (Å²) in [4.78, 5) is 32.7. The number of hydrogen-bond acceptors (Lipinski definition) is 8. The van der Waals surface area contributed by atoms with Crippen LogP contribution in [0.5, 0.6) is 0 Å². The van der Waals surface area contributed by atoms with E-state index >= 15 is 0 Å². The first kappa shape index (κ1) is 15.4. The van der Waals surface area contributed by atoms with Crippen molar-refractivity contribution in [3.05, 3.63) is 0 Å². The van der Waals surface area contributed by atoms with E-state index in [1.807, 2.05) is 0 Å². The van der Waals surface area contributed by atoms with E-state index in [1.165, 1.54) is 13.8 Å². The highest BCUT2D eigenvalue weighted by atomic mass is 16.7. The SMILES string of the molecule is CC(=O)OC[C@H]1O[C@@H](O)[C@@H](OC(C)=O)[C@@H]1OC(C)=O. The molecule has 0 aromatic rings. The van der Waals surface area contributed by atoms with Crippen LogP contribution in [0.3, 0.4) is 0 Å². The Labute approximate surface area is 109 Å². The summed E-state index contributed by atoms with van der Waals surface area (Å²) in [5.41, 5.74) is 0. The first-order valence-electron chi connectivity index (χ1n) is 5.62. The molecule has 1 heterocycles. The molecule has 0 saturated carbocycles. The van der Waals surface area contributed by atoms with Gasteiger partial charge in [0.15, 0.2) is 18.5 Å². The second kappa shape index (κ2) is 6.48. The first-order chi connectivity index (χ1) is 8.81. The van der Waals surface area contributed by atoms with Crippen molar-refractivity contribution in [2.45, 2.75) is 45.4 Å². The second-order valence-corrected chi connectivity index (χ2v) is 4.02. The molecular weight excluding hydrogens is 260 g/mol. The summed E-state index contributed by atoms with van der Waals surface area (Å²) < 4.78 is 19.6. The maximum absolute atomic E-state index is 11.0. The van der Waals surface area contributed by atoms with E-state index in [2.05, 4.69) is 0 Å². The number of aliphatic hydroxyl groups is 1. The molecule has 0 radical (unpaired) electrons. The number of carbonyl (C=O) groups is 3. The lowest BCUT2D eigenvalue weighted by Crippen LogP contribution is -2.41. The summed E-state index contributed by atoms with van der Waals surface area (Å²) in [6.07, 6.45) is -4.53. The number of aliphatic hydroxyl groups excluding tert-OH is 1. The van der Waals surface area contributed by atoms with Crippen molar-refractivity contribution >= 4 is 17.9 Å². The Morgan fingerprint density at radius 2 is 1.53 bits per heavy atom. The molecule has 0 aromatic carbocycles. The Morgan fingerprint density at radius 1 is 1.00 bits per heavy atom. The lowest BCUT2D eigenvalue weighted by atomic mass is 10.1. The highest BCUT2D eigenvalue weighted by molar-refractivity contribution is 5.67. The molecule has 0 unspecified atom stereocenters. The molecule has 1 rings (SSSR count). The topological polar surface area (TPSA) is 108 Å². The quantitative estimate of drug-likeness (QED) is 0.521. The van der Waals surface area contributed by atoms with Crippen molar-refractivity contribution in [2.75, 3.05) is 6.61 Å². The number of carbonyl (C=O) groups excluding carboxylic acids is 3. The van der Waals surface area contributed by atoms with E-state index in [9.17, 15) is 19.5 Å². The van der Waals surface area contributed by atoms with E-state index < -0.39 is 42.5 Å². The molecule has 8 nitrogen and oxygen atoms in total. The molecule has 0 aromatic heterocycles. The molecule has 0 bridgehead atoms. The number of rotatable bonds is 4. The molecule has 1 aliphatic rings. The van der Waals surface area contributed by atoms with Gasteiger partial charge in [0.2, 0.25) is 0 Å². The molecule has 108 valence electrons. The summed E-state index contributed by atoms with van der Waals surface area (Å²) in [5, 5.41) is 9.63. The van der Waals surface area contributed by atoms with Crippen LogP contribution in [0.1, 0.15) is 20.8 Å². The highest BCUT2D eigenvalue weighted by Gasteiger charge is 2.48. The van der Waals surface area contributed by atoms with Crippen molar-refractivity contribution in [2.24, 2.45) is 0 Å². The standard InChI is InChI=1S/C11H16O8/c1-5(12)16-4-8-9(17-6(2)13)10(11(15)19-8)18-7(3)14/h8-11,15H,4H2,1-3H3/t8-,9-,10+,11-/m1/s1. The van der Waals surface area contributed by atoms with E-state index in [0.717, 1.165) is 6.92 Å². The lowest BCUT2D eigenvalue weighted by Gasteiger charge is -2.21. The molecule has 0 spiro atoms. The Balaban J connectivity index is 2.76. The average Bonchev–Trinajstić information content (AvgIpc) is 2.53. The zero-order chi connectivity index (χ0) is 14.6. The van der Waals surface area contributed by atoms with Gasteiger partial charge >= 0.3 is 17.9 Å². The van der Waals surface area contributed by atoms with E-state index in [4.69, 9.17) is 18.9 Å². The highest BCUT2D eigenvalue weighted by Crippen LogP contribution is 2.26. The predicted octanol–water partition coefficient (Wildman–Crippen LogP) is -0.870. The molecule has 1 N–H and O–H groups in total. The number of ether oxygens (including phenoxy) is 4.